The van der Waals surface area contributed by atoms with Crippen molar-refractivity contribution in [2.75, 3.05) is 0 Å². The highest BCUT2D eigenvalue weighted by Gasteiger charge is 2.29. The van der Waals surface area contributed by atoms with Crippen molar-refractivity contribution >= 4 is 34.2 Å². The lowest BCUT2D eigenvalue weighted by molar-refractivity contribution is 0.392. The van der Waals surface area contributed by atoms with Crippen molar-refractivity contribution in [3.63, 3.8) is 0 Å². The minimum absolute atomic E-state index is 0.150. The molecular formula is C20H20Cl2N2. The van der Waals surface area contributed by atoms with Crippen LogP contribution in [0.25, 0.3) is 11.0 Å². The van der Waals surface area contributed by atoms with Crippen molar-refractivity contribution in [2.24, 2.45) is 5.41 Å². The Morgan fingerprint density at radius 2 is 1.75 bits per heavy atom. The zero-order chi connectivity index (χ0) is 17.1. The van der Waals surface area contributed by atoms with Gasteiger partial charge >= 0.3 is 0 Å². The summed E-state index contributed by atoms with van der Waals surface area (Å²) >= 11 is 12.2. The molecular weight excluding hydrogens is 339 g/mol. The first-order chi connectivity index (χ1) is 11.3. The zero-order valence-corrected chi connectivity index (χ0v) is 15.6. The summed E-state index contributed by atoms with van der Waals surface area (Å²) in [5, 5.41) is 1.18. The van der Waals surface area contributed by atoms with E-state index in [1.54, 1.807) is 0 Å². The molecule has 0 saturated carbocycles. The fourth-order valence-corrected chi connectivity index (χ4v) is 4.13. The maximum absolute atomic E-state index is 6.19. The highest BCUT2D eigenvalue weighted by atomic mass is 35.5. The van der Waals surface area contributed by atoms with E-state index in [4.69, 9.17) is 23.2 Å². The molecule has 0 radical (unpaired) electrons. The predicted octanol–water partition coefficient (Wildman–Crippen LogP) is 6.08. The maximum Gasteiger partial charge on any atom is 0.0964 e. The average Bonchev–Trinajstić information content (AvgIpc) is 3.04. The molecule has 0 amide bonds. The van der Waals surface area contributed by atoms with Crippen molar-refractivity contribution in [3.8, 4) is 0 Å². The SMILES string of the molecule is CC(c1ccc(Cl)c(Cl)c1)n1cnc2cc3c(cc21)CC(C)(C)C3. The third-order valence-corrected chi connectivity index (χ3v) is 5.82. The molecule has 1 atom stereocenters. The Bertz CT molecular complexity index is 940. The number of hydrogen-bond donors (Lipinski definition) is 0. The molecule has 2 aromatic carbocycles. The van der Waals surface area contributed by atoms with E-state index in [9.17, 15) is 0 Å². The first kappa shape index (κ1) is 16.0. The lowest BCUT2D eigenvalue weighted by Gasteiger charge is -2.16. The summed E-state index contributed by atoms with van der Waals surface area (Å²) in [6.07, 6.45) is 4.19. The van der Waals surface area contributed by atoms with E-state index < -0.39 is 0 Å². The molecule has 4 heteroatoms. The number of hydrogen-bond acceptors (Lipinski definition) is 1. The molecule has 1 aliphatic carbocycles. The van der Waals surface area contributed by atoms with Crippen LogP contribution in [-0.2, 0) is 12.8 Å². The van der Waals surface area contributed by atoms with Gasteiger partial charge in [0.05, 0.1) is 33.4 Å². The lowest BCUT2D eigenvalue weighted by atomic mass is 9.90. The smallest absolute Gasteiger partial charge is 0.0964 e. The monoisotopic (exact) mass is 358 g/mol. The van der Waals surface area contributed by atoms with Crippen LogP contribution in [0.3, 0.4) is 0 Å². The van der Waals surface area contributed by atoms with E-state index in [-0.39, 0.29) is 6.04 Å². The molecule has 0 saturated heterocycles. The standard InChI is InChI=1S/C20H20Cl2N2/c1-12(13-4-5-16(21)17(22)6-13)24-11-23-18-7-14-9-20(2,3)10-15(14)8-19(18)24/h4-8,11-12H,9-10H2,1-3H3. The molecule has 4 rings (SSSR count). The summed E-state index contributed by atoms with van der Waals surface area (Å²) in [6, 6.07) is 10.6. The van der Waals surface area contributed by atoms with Gasteiger partial charge in [-0.25, -0.2) is 4.98 Å². The fourth-order valence-electron chi connectivity index (χ4n) is 3.82. The molecule has 24 heavy (non-hydrogen) atoms. The van der Waals surface area contributed by atoms with Crippen LogP contribution in [-0.4, -0.2) is 9.55 Å². The second-order valence-corrected chi connectivity index (χ2v) is 8.44. The minimum atomic E-state index is 0.150. The number of fused-ring (bicyclic) bond motifs is 2. The molecule has 3 aromatic rings. The van der Waals surface area contributed by atoms with Crippen LogP contribution in [0.2, 0.25) is 10.0 Å². The van der Waals surface area contributed by atoms with Gasteiger partial charge in [-0.1, -0.05) is 43.1 Å². The van der Waals surface area contributed by atoms with E-state index >= 15 is 0 Å². The molecule has 0 bridgehead atoms. The van der Waals surface area contributed by atoms with Crippen LogP contribution in [0.5, 0.6) is 0 Å². The topological polar surface area (TPSA) is 17.8 Å². The average molecular weight is 359 g/mol. The second-order valence-electron chi connectivity index (χ2n) is 7.63. The first-order valence-corrected chi connectivity index (χ1v) is 9.03. The Balaban J connectivity index is 1.79. The van der Waals surface area contributed by atoms with E-state index in [1.807, 2.05) is 24.5 Å². The predicted molar refractivity (Wildman–Crippen MR) is 101 cm³/mol. The molecule has 124 valence electrons. The van der Waals surface area contributed by atoms with Crippen molar-refractivity contribution in [3.05, 3.63) is 63.4 Å². The molecule has 1 aliphatic rings. The molecule has 1 aromatic heterocycles. The summed E-state index contributed by atoms with van der Waals surface area (Å²) in [6.45, 7) is 6.83. The summed E-state index contributed by atoms with van der Waals surface area (Å²) in [5.74, 6) is 0. The Labute approximate surface area is 152 Å². The number of nitrogens with zero attached hydrogens (tertiary/aromatic N) is 2. The molecule has 0 spiro atoms. The van der Waals surface area contributed by atoms with Crippen LogP contribution in [0.15, 0.2) is 36.7 Å². The molecule has 1 heterocycles. The molecule has 0 fully saturated rings. The fraction of sp³-hybridized carbons (Fsp3) is 0.350. The Kier molecular flexibility index (Phi) is 3.67. The molecule has 0 N–H and O–H groups in total. The van der Waals surface area contributed by atoms with E-state index in [0.29, 0.717) is 15.5 Å². The van der Waals surface area contributed by atoms with Crippen molar-refractivity contribution in [1.29, 1.82) is 0 Å². The van der Waals surface area contributed by atoms with Gasteiger partial charge in [0.25, 0.3) is 0 Å². The van der Waals surface area contributed by atoms with Crippen molar-refractivity contribution in [1.82, 2.24) is 9.55 Å². The molecule has 2 nitrogen and oxygen atoms in total. The lowest BCUT2D eigenvalue weighted by Crippen LogP contribution is -2.09. The van der Waals surface area contributed by atoms with Crippen LogP contribution in [0.1, 0.15) is 43.5 Å². The molecule has 1 unspecified atom stereocenters. The quantitative estimate of drug-likeness (QED) is 0.542. The first-order valence-electron chi connectivity index (χ1n) is 8.27. The number of rotatable bonds is 2. The summed E-state index contributed by atoms with van der Waals surface area (Å²) in [4.78, 5) is 4.63. The van der Waals surface area contributed by atoms with Crippen LogP contribution >= 0.6 is 23.2 Å². The van der Waals surface area contributed by atoms with Gasteiger partial charge in [0.15, 0.2) is 0 Å². The summed E-state index contributed by atoms with van der Waals surface area (Å²) < 4.78 is 2.22. The Hall–Kier alpha value is -1.51. The molecule has 0 aliphatic heterocycles. The third-order valence-electron chi connectivity index (χ3n) is 5.08. The van der Waals surface area contributed by atoms with E-state index in [2.05, 4.69) is 42.5 Å². The van der Waals surface area contributed by atoms with Gasteiger partial charge < -0.3 is 4.57 Å². The van der Waals surface area contributed by atoms with Crippen LogP contribution < -0.4 is 0 Å². The van der Waals surface area contributed by atoms with Crippen LogP contribution in [0, 0.1) is 5.41 Å². The summed E-state index contributed by atoms with van der Waals surface area (Å²) in [7, 11) is 0. The zero-order valence-electron chi connectivity index (χ0n) is 14.1. The van der Waals surface area contributed by atoms with Crippen LogP contribution in [0.4, 0.5) is 0 Å². The Morgan fingerprint density at radius 1 is 1.04 bits per heavy atom. The number of halogens is 2. The Morgan fingerprint density at radius 3 is 2.46 bits per heavy atom. The normalized spacial score (nSPS) is 17.2. The maximum atomic E-state index is 6.19. The van der Waals surface area contributed by atoms with Gasteiger partial charge in [-0.3, -0.25) is 0 Å². The highest BCUT2D eigenvalue weighted by molar-refractivity contribution is 6.42. The van der Waals surface area contributed by atoms with Gasteiger partial charge in [-0.2, -0.15) is 0 Å². The van der Waals surface area contributed by atoms with Gasteiger partial charge in [-0.05, 0) is 66.1 Å². The van der Waals surface area contributed by atoms with Gasteiger partial charge in [-0.15, -0.1) is 0 Å². The number of aromatic nitrogens is 2. The summed E-state index contributed by atoms with van der Waals surface area (Å²) in [5.41, 5.74) is 6.63. The largest absolute Gasteiger partial charge is 0.323 e. The minimum Gasteiger partial charge on any atom is -0.323 e. The van der Waals surface area contributed by atoms with Crippen molar-refractivity contribution < 1.29 is 0 Å². The highest BCUT2D eigenvalue weighted by Crippen LogP contribution is 2.38. The van der Waals surface area contributed by atoms with Gasteiger partial charge in [0.1, 0.15) is 0 Å². The van der Waals surface area contributed by atoms with Crippen molar-refractivity contribution in [2.45, 2.75) is 39.7 Å². The van der Waals surface area contributed by atoms with E-state index in [0.717, 1.165) is 23.9 Å². The van der Waals surface area contributed by atoms with Gasteiger partial charge in [0.2, 0.25) is 0 Å². The second kappa shape index (κ2) is 5.50. The van der Waals surface area contributed by atoms with Gasteiger partial charge in [0, 0.05) is 0 Å². The number of imidazole rings is 1. The number of benzene rings is 2. The third kappa shape index (κ3) is 2.62. The van der Waals surface area contributed by atoms with E-state index in [1.165, 1.54) is 16.6 Å².